The van der Waals surface area contributed by atoms with Crippen LogP contribution in [-0.2, 0) is 4.74 Å². The Morgan fingerprint density at radius 2 is 2.36 bits per heavy atom. The number of hydrogen-bond donors (Lipinski definition) is 2. The Morgan fingerprint density at radius 1 is 1.71 bits per heavy atom. The van der Waals surface area contributed by atoms with Crippen molar-refractivity contribution in [3.05, 3.63) is 10.4 Å². The molecule has 3 N–H and O–H groups in total. The zero-order valence-corrected chi connectivity index (χ0v) is 8.57. The molecule has 5 nitrogen and oxygen atoms in total. The topological polar surface area (TPSA) is 88.1 Å². The quantitative estimate of drug-likeness (QED) is 0.713. The van der Waals surface area contributed by atoms with E-state index in [9.17, 15) is 4.79 Å². The molecule has 0 saturated heterocycles. The predicted octanol–water partition coefficient (Wildman–Crippen LogP) is 1.03. The molecule has 0 aliphatic heterocycles. The van der Waals surface area contributed by atoms with Gasteiger partial charge in [-0.2, -0.15) is 5.26 Å². The van der Waals surface area contributed by atoms with Crippen LogP contribution < -0.4 is 11.1 Å². The van der Waals surface area contributed by atoms with Crippen molar-refractivity contribution in [2.75, 3.05) is 25.2 Å². The van der Waals surface area contributed by atoms with Crippen molar-refractivity contribution in [3.63, 3.8) is 0 Å². The lowest BCUT2D eigenvalue weighted by molar-refractivity contribution is 0.0603. The molecular weight excluding hydrogens is 202 g/mol. The van der Waals surface area contributed by atoms with E-state index >= 15 is 0 Å². The van der Waals surface area contributed by atoms with Gasteiger partial charge in [-0.1, -0.05) is 0 Å². The van der Waals surface area contributed by atoms with Crippen LogP contribution in [-0.4, -0.2) is 20.1 Å². The van der Waals surface area contributed by atoms with Crippen LogP contribution in [0.25, 0.3) is 0 Å². The van der Waals surface area contributed by atoms with E-state index in [1.165, 1.54) is 7.11 Å². The molecule has 1 aromatic rings. The number of anilines is 2. The fraction of sp³-hybridized carbons (Fsp3) is 0.250. The molecule has 1 heterocycles. The summed E-state index contributed by atoms with van der Waals surface area (Å²) in [4.78, 5) is 11.6. The van der Waals surface area contributed by atoms with Gasteiger partial charge >= 0.3 is 5.97 Å². The molecule has 0 aromatic carbocycles. The van der Waals surface area contributed by atoms with Crippen molar-refractivity contribution < 1.29 is 9.53 Å². The molecule has 0 atom stereocenters. The van der Waals surface area contributed by atoms with E-state index < -0.39 is 5.97 Å². The largest absolute Gasteiger partial charge is 0.465 e. The van der Waals surface area contributed by atoms with Gasteiger partial charge in [0.2, 0.25) is 0 Å². The van der Waals surface area contributed by atoms with Gasteiger partial charge in [-0.25, -0.2) is 4.79 Å². The van der Waals surface area contributed by atoms with Crippen LogP contribution >= 0.6 is 11.3 Å². The minimum Gasteiger partial charge on any atom is -0.465 e. The SMILES string of the molecule is CNc1sc(C#N)c(N)c1C(=O)OC. The first-order chi connectivity index (χ1) is 6.65. The summed E-state index contributed by atoms with van der Waals surface area (Å²) in [5.41, 5.74) is 6.02. The number of carbonyl (C=O) groups is 1. The molecule has 1 rings (SSSR count). The normalized spacial score (nSPS) is 9.21. The zero-order valence-electron chi connectivity index (χ0n) is 7.75. The van der Waals surface area contributed by atoms with Crippen molar-refractivity contribution in [2.45, 2.75) is 0 Å². The van der Waals surface area contributed by atoms with Crippen LogP contribution in [0.5, 0.6) is 0 Å². The summed E-state index contributed by atoms with van der Waals surface area (Å²) in [7, 11) is 2.92. The molecule has 0 unspecified atom stereocenters. The van der Waals surface area contributed by atoms with E-state index in [0.29, 0.717) is 9.88 Å². The molecule has 0 fully saturated rings. The second-order valence-electron chi connectivity index (χ2n) is 2.40. The van der Waals surface area contributed by atoms with E-state index in [4.69, 9.17) is 11.0 Å². The Hall–Kier alpha value is -1.74. The van der Waals surface area contributed by atoms with Gasteiger partial charge in [0.05, 0.1) is 12.8 Å². The highest BCUT2D eigenvalue weighted by Gasteiger charge is 2.21. The molecule has 74 valence electrons. The maximum absolute atomic E-state index is 11.3. The van der Waals surface area contributed by atoms with E-state index in [-0.39, 0.29) is 11.3 Å². The lowest BCUT2D eigenvalue weighted by Crippen LogP contribution is -2.06. The van der Waals surface area contributed by atoms with Crippen molar-refractivity contribution in [3.8, 4) is 6.07 Å². The standard InChI is InChI=1S/C8H9N3O2S/c1-11-7-5(8(12)13-2)6(10)4(3-9)14-7/h11H,10H2,1-2H3. The van der Waals surface area contributed by atoms with E-state index in [1.807, 2.05) is 6.07 Å². The fourth-order valence-corrected chi connectivity index (χ4v) is 1.87. The van der Waals surface area contributed by atoms with Crippen LogP contribution in [0.4, 0.5) is 10.7 Å². The number of hydrogen-bond acceptors (Lipinski definition) is 6. The smallest absolute Gasteiger partial charge is 0.343 e. The first-order valence-electron chi connectivity index (χ1n) is 3.74. The predicted molar refractivity (Wildman–Crippen MR) is 54.3 cm³/mol. The summed E-state index contributed by atoms with van der Waals surface area (Å²) in [6, 6.07) is 1.92. The minimum atomic E-state index is -0.537. The van der Waals surface area contributed by atoms with Gasteiger partial charge in [-0.05, 0) is 0 Å². The molecular formula is C8H9N3O2S. The number of esters is 1. The van der Waals surface area contributed by atoms with Gasteiger partial charge < -0.3 is 15.8 Å². The Balaban J connectivity index is 3.33. The van der Waals surface area contributed by atoms with Gasteiger partial charge in [-0.3, -0.25) is 0 Å². The van der Waals surface area contributed by atoms with Crippen molar-refractivity contribution in [1.82, 2.24) is 0 Å². The summed E-state index contributed by atoms with van der Waals surface area (Å²) < 4.78 is 4.56. The maximum atomic E-state index is 11.3. The molecule has 0 saturated carbocycles. The van der Waals surface area contributed by atoms with Crippen LogP contribution in [0.1, 0.15) is 15.2 Å². The number of rotatable bonds is 2. The summed E-state index contributed by atoms with van der Waals surface area (Å²) >= 11 is 1.13. The highest BCUT2D eigenvalue weighted by molar-refractivity contribution is 7.17. The third kappa shape index (κ3) is 1.49. The molecule has 6 heteroatoms. The highest BCUT2D eigenvalue weighted by Crippen LogP contribution is 2.35. The number of carbonyl (C=O) groups excluding carboxylic acids is 1. The first-order valence-corrected chi connectivity index (χ1v) is 4.55. The Bertz CT molecular complexity index is 405. The molecule has 0 amide bonds. The minimum absolute atomic E-state index is 0.175. The molecule has 0 bridgehead atoms. The van der Waals surface area contributed by atoms with Crippen LogP contribution in [0.3, 0.4) is 0 Å². The Kier molecular flexibility index (Phi) is 2.94. The van der Waals surface area contributed by atoms with Gasteiger partial charge in [0.1, 0.15) is 21.5 Å². The summed E-state index contributed by atoms with van der Waals surface area (Å²) in [5.74, 6) is -0.537. The molecule has 0 aliphatic rings. The van der Waals surface area contributed by atoms with Gasteiger partial charge in [0, 0.05) is 7.05 Å². The highest BCUT2D eigenvalue weighted by atomic mass is 32.1. The van der Waals surface area contributed by atoms with Gasteiger partial charge in [0.25, 0.3) is 0 Å². The average Bonchev–Trinajstić information content (AvgIpc) is 2.53. The van der Waals surface area contributed by atoms with E-state index in [1.54, 1.807) is 7.05 Å². The number of nitriles is 1. The zero-order chi connectivity index (χ0) is 10.7. The number of nitrogens with zero attached hydrogens (tertiary/aromatic N) is 1. The van der Waals surface area contributed by atoms with Gasteiger partial charge in [0.15, 0.2) is 0 Å². The number of ether oxygens (including phenoxy) is 1. The van der Waals surface area contributed by atoms with Crippen LogP contribution in [0.2, 0.25) is 0 Å². The lowest BCUT2D eigenvalue weighted by atomic mass is 10.2. The number of methoxy groups -OCH3 is 1. The van der Waals surface area contributed by atoms with Crippen molar-refractivity contribution in [2.24, 2.45) is 0 Å². The van der Waals surface area contributed by atoms with E-state index in [0.717, 1.165) is 11.3 Å². The Morgan fingerprint density at radius 3 is 2.79 bits per heavy atom. The van der Waals surface area contributed by atoms with Crippen molar-refractivity contribution in [1.29, 1.82) is 5.26 Å². The lowest BCUT2D eigenvalue weighted by Gasteiger charge is -2.01. The molecule has 0 radical (unpaired) electrons. The summed E-state index contributed by atoms with van der Waals surface area (Å²) in [6.07, 6.45) is 0. The monoisotopic (exact) mass is 211 g/mol. The molecule has 14 heavy (non-hydrogen) atoms. The number of thiophene rings is 1. The summed E-state index contributed by atoms with van der Waals surface area (Å²) in [6.45, 7) is 0. The third-order valence-electron chi connectivity index (χ3n) is 1.66. The molecule has 0 spiro atoms. The number of nitrogens with two attached hydrogens (primary N) is 1. The third-order valence-corrected chi connectivity index (χ3v) is 2.79. The Labute approximate surface area is 85.1 Å². The fourth-order valence-electron chi connectivity index (χ4n) is 1.01. The second kappa shape index (κ2) is 3.98. The van der Waals surface area contributed by atoms with Crippen molar-refractivity contribution >= 4 is 28.0 Å². The average molecular weight is 211 g/mol. The molecule has 0 aliphatic carbocycles. The molecule has 1 aromatic heterocycles. The first kappa shape index (κ1) is 10.3. The van der Waals surface area contributed by atoms with E-state index in [2.05, 4.69) is 10.1 Å². The number of nitrogens with one attached hydrogen (secondary N) is 1. The maximum Gasteiger partial charge on any atom is 0.343 e. The van der Waals surface area contributed by atoms with Gasteiger partial charge in [-0.15, -0.1) is 11.3 Å². The van der Waals surface area contributed by atoms with Crippen LogP contribution in [0.15, 0.2) is 0 Å². The van der Waals surface area contributed by atoms with Crippen LogP contribution in [0, 0.1) is 11.3 Å². The second-order valence-corrected chi connectivity index (χ2v) is 3.42. The number of nitrogen functional groups attached to an aromatic ring is 1. The summed E-state index contributed by atoms with van der Waals surface area (Å²) in [5, 5.41) is 12.0.